The van der Waals surface area contributed by atoms with Gasteiger partial charge in [-0.2, -0.15) is 0 Å². The molecule has 3 nitrogen and oxygen atoms in total. The lowest BCUT2D eigenvalue weighted by Gasteiger charge is -2.30. The van der Waals surface area contributed by atoms with E-state index in [-0.39, 0.29) is 12.0 Å². The second-order valence-electron chi connectivity index (χ2n) is 2.87. The Morgan fingerprint density at radius 1 is 1.73 bits per heavy atom. The van der Waals surface area contributed by atoms with E-state index < -0.39 is 0 Å². The minimum absolute atomic E-state index is 0.208. The molecule has 64 valence electrons. The van der Waals surface area contributed by atoms with Crippen LogP contribution in [-0.2, 0) is 9.53 Å². The second kappa shape index (κ2) is 3.72. The van der Waals surface area contributed by atoms with Gasteiger partial charge in [-0.3, -0.25) is 4.79 Å². The Balaban J connectivity index is 2.39. The molecule has 1 aliphatic rings. The van der Waals surface area contributed by atoms with Crippen LogP contribution < -0.4 is 0 Å². The second-order valence-corrected chi connectivity index (χ2v) is 2.87. The number of morpholine rings is 1. The molecule has 0 aliphatic carbocycles. The van der Waals surface area contributed by atoms with Crippen molar-refractivity contribution in [3.05, 3.63) is 0 Å². The molecular formula is C8H15NO2. The van der Waals surface area contributed by atoms with Gasteiger partial charge in [-0.25, -0.2) is 0 Å². The highest BCUT2D eigenvalue weighted by Crippen LogP contribution is 2.05. The molecule has 1 atom stereocenters. The maximum absolute atomic E-state index is 11.2. The number of hydrogen-bond acceptors (Lipinski definition) is 2. The number of ether oxygens (including phenoxy) is 1. The van der Waals surface area contributed by atoms with Crippen molar-refractivity contribution >= 4 is 5.91 Å². The predicted octanol–water partition coefficient (Wildman–Crippen LogP) is 0.644. The first-order chi connectivity index (χ1) is 5.24. The van der Waals surface area contributed by atoms with Crippen LogP contribution in [0.5, 0.6) is 0 Å². The summed E-state index contributed by atoms with van der Waals surface area (Å²) in [6.07, 6.45) is 0.812. The fourth-order valence-electron chi connectivity index (χ4n) is 1.27. The van der Waals surface area contributed by atoms with E-state index in [2.05, 4.69) is 0 Å². The lowest BCUT2D eigenvalue weighted by atomic mass is 10.3. The zero-order chi connectivity index (χ0) is 8.27. The van der Waals surface area contributed by atoms with Gasteiger partial charge in [-0.1, -0.05) is 6.92 Å². The van der Waals surface area contributed by atoms with E-state index in [1.807, 2.05) is 18.7 Å². The van der Waals surface area contributed by atoms with Gasteiger partial charge >= 0.3 is 0 Å². The van der Waals surface area contributed by atoms with Gasteiger partial charge in [0.2, 0.25) is 5.91 Å². The van der Waals surface area contributed by atoms with E-state index >= 15 is 0 Å². The molecule has 0 unspecified atom stereocenters. The lowest BCUT2D eigenvalue weighted by molar-refractivity contribution is -0.137. The maximum atomic E-state index is 11.2. The molecule has 0 aromatic heterocycles. The Kier molecular flexibility index (Phi) is 2.88. The van der Waals surface area contributed by atoms with E-state index in [0.717, 1.165) is 13.1 Å². The largest absolute Gasteiger partial charge is 0.375 e. The summed E-state index contributed by atoms with van der Waals surface area (Å²) < 4.78 is 5.31. The van der Waals surface area contributed by atoms with Crippen molar-refractivity contribution < 1.29 is 9.53 Å². The highest BCUT2D eigenvalue weighted by Gasteiger charge is 2.19. The third-order valence-corrected chi connectivity index (χ3v) is 1.90. The smallest absolute Gasteiger partial charge is 0.222 e. The average molecular weight is 157 g/mol. The van der Waals surface area contributed by atoms with Crippen LogP contribution in [-0.4, -0.2) is 36.6 Å². The van der Waals surface area contributed by atoms with Crippen LogP contribution in [0, 0.1) is 0 Å². The summed E-state index contributed by atoms with van der Waals surface area (Å²) in [7, 11) is 0. The van der Waals surface area contributed by atoms with Crippen LogP contribution in [0.25, 0.3) is 0 Å². The first-order valence-corrected chi connectivity index (χ1v) is 4.13. The molecule has 0 bridgehead atoms. The maximum Gasteiger partial charge on any atom is 0.222 e. The highest BCUT2D eigenvalue weighted by molar-refractivity contribution is 5.75. The van der Waals surface area contributed by atoms with Crippen molar-refractivity contribution in [3.63, 3.8) is 0 Å². The van der Waals surface area contributed by atoms with Crippen molar-refractivity contribution in [2.24, 2.45) is 0 Å². The molecule has 3 heteroatoms. The number of amides is 1. The number of nitrogens with zero attached hydrogens (tertiary/aromatic N) is 1. The SMILES string of the molecule is CCC(=O)N1CCO[C@@H](C)C1. The summed E-state index contributed by atoms with van der Waals surface area (Å²) in [5.41, 5.74) is 0. The Labute approximate surface area is 67.3 Å². The summed E-state index contributed by atoms with van der Waals surface area (Å²) in [5, 5.41) is 0. The fraction of sp³-hybridized carbons (Fsp3) is 0.875. The summed E-state index contributed by atoms with van der Waals surface area (Å²) in [6.45, 7) is 6.09. The average Bonchev–Trinajstić information content (AvgIpc) is 2.03. The van der Waals surface area contributed by atoms with Crippen LogP contribution in [0.4, 0.5) is 0 Å². The van der Waals surface area contributed by atoms with E-state index in [9.17, 15) is 4.79 Å². The number of rotatable bonds is 1. The molecule has 0 N–H and O–H groups in total. The Morgan fingerprint density at radius 2 is 2.45 bits per heavy atom. The fourth-order valence-corrected chi connectivity index (χ4v) is 1.27. The Bertz CT molecular complexity index is 147. The van der Waals surface area contributed by atoms with Crippen molar-refractivity contribution in [2.45, 2.75) is 26.4 Å². The number of hydrogen-bond donors (Lipinski definition) is 0. The van der Waals surface area contributed by atoms with Crippen molar-refractivity contribution in [1.29, 1.82) is 0 Å². The molecule has 1 fully saturated rings. The van der Waals surface area contributed by atoms with Gasteiger partial charge in [0.15, 0.2) is 0 Å². The summed E-state index contributed by atoms with van der Waals surface area (Å²) >= 11 is 0. The van der Waals surface area contributed by atoms with Crippen LogP contribution in [0.2, 0.25) is 0 Å². The zero-order valence-corrected chi connectivity index (χ0v) is 7.17. The minimum Gasteiger partial charge on any atom is -0.375 e. The van der Waals surface area contributed by atoms with Crippen molar-refractivity contribution in [1.82, 2.24) is 4.90 Å². The van der Waals surface area contributed by atoms with Gasteiger partial charge in [0.05, 0.1) is 12.7 Å². The van der Waals surface area contributed by atoms with Crippen molar-refractivity contribution in [2.75, 3.05) is 19.7 Å². The lowest BCUT2D eigenvalue weighted by Crippen LogP contribution is -2.44. The van der Waals surface area contributed by atoms with Gasteiger partial charge in [-0.05, 0) is 6.92 Å². The molecule has 0 aromatic rings. The molecule has 1 amide bonds. The number of carbonyl (C=O) groups is 1. The molecule has 11 heavy (non-hydrogen) atoms. The van der Waals surface area contributed by atoms with Gasteiger partial charge in [0, 0.05) is 19.5 Å². The summed E-state index contributed by atoms with van der Waals surface area (Å²) in [5.74, 6) is 0.236. The van der Waals surface area contributed by atoms with E-state index in [0.29, 0.717) is 13.0 Å². The van der Waals surface area contributed by atoms with Crippen LogP contribution in [0.15, 0.2) is 0 Å². The molecule has 0 radical (unpaired) electrons. The molecule has 1 heterocycles. The molecule has 0 spiro atoms. The van der Waals surface area contributed by atoms with Gasteiger partial charge in [0.25, 0.3) is 0 Å². The van der Waals surface area contributed by atoms with Gasteiger partial charge in [-0.15, -0.1) is 0 Å². The Morgan fingerprint density at radius 3 is 3.00 bits per heavy atom. The molecule has 0 aromatic carbocycles. The number of carbonyl (C=O) groups excluding carboxylic acids is 1. The van der Waals surface area contributed by atoms with Crippen molar-refractivity contribution in [3.8, 4) is 0 Å². The van der Waals surface area contributed by atoms with Crippen LogP contribution in [0.1, 0.15) is 20.3 Å². The molecule has 1 rings (SSSR count). The Hall–Kier alpha value is -0.570. The first kappa shape index (κ1) is 8.53. The quantitative estimate of drug-likeness (QED) is 0.559. The molecular weight excluding hydrogens is 142 g/mol. The van der Waals surface area contributed by atoms with Crippen LogP contribution in [0.3, 0.4) is 0 Å². The standard InChI is InChI=1S/C8H15NO2/c1-3-8(10)9-4-5-11-7(2)6-9/h7H,3-6H2,1-2H3/t7-/m0/s1. The normalized spacial score (nSPS) is 25.3. The summed E-state index contributed by atoms with van der Waals surface area (Å²) in [6, 6.07) is 0. The predicted molar refractivity (Wildman–Crippen MR) is 42.3 cm³/mol. The van der Waals surface area contributed by atoms with E-state index in [4.69, 9.17) is 4.74 Å². The zero-order valence-electron chi connectivity index (χ0n) is 7.17. The summed E-state index contributed by atoms with van der Waals surface area (Å²) in [4.78, 5) is 13.1. The van der Waals surface area contributed by atoms with Gasteiger partial charge in [0.1, 0.15) is 0 Å². The van der Waals surface area contributed by atoms with Crippen LogP contribution >= 0.6 is 0 Å². The molecule has 1 saturated heterocycles. The van der Waals surface area contributed by atoms with Gasteiger partial charge < -0.3 is 9.64 Å². The third kappa shape index (κ3) is 2.19. The van der Waals surface area contributed by atoms with E-state index in [1.54, 1.807) is 0 Å². The monoisotopic (exact) mass is 157 g/mol. The third-order valence-electron chi connectivity index (χ3n) is 1.90. The molecule has 1 aliphatic heterocycles. The van der Waals surface area contributed by atoms with E-state index in [1.165, 1.54) is 0 Å². The minimum atomic E-state index is 0.208. The molecule has 0 saturated carbocycles. The highest BCUT2D eigenvalue weighted by atomic mass is 16.5. The first-order valence-electron chi connectivity index (χ1n) is 4.13. The topological polar surface area (TPSA) is 29.5 Å².